The molecule has 0 aromatic rings. The van der Waals surface area contributed by atoms with Gasteiger partial charge in [-0.1, -0.05) is 26.7 Å². The first-order valence-electron chi connectivity index (χ1n) is 8.09. The lowest BCUT2D eigenvalue weighted by Gasteiger charge is -2.33. The molecule has 1 saturated carbocycles. The number of carbonyl (C=O) groups excluding carboxylic acids is 1. The third kappa shape index (κ3) is 4.71. The number of carbonyl (C=O) groups is 2. The molecule has 1 rings (SSSR count). The highest BCUT2D eigenvalue weighted by Gasteiger charge is 2.43. The molecule has 6 nitrogen and oxygen atoms in total. The molecule has 0 bridgehead atoms. The van der Waals surface area contributed by atoms with Crippen molar-refractivity contribution >= 4 is 17.7 Å². The van der Waals surface area contributed by atoms with Gasteiger partial charge < -0.3 is 16.2 Å². The molecule has 1 amide bonds. The number of hydrogen-bond acceptors (Lipinski definition) is 3. The lowest BCUT2D eigenvalue weighted by atomic mass is 9.81. The number of nitrogens with zero attached hydrogens (tertiary/aromatic N) is 1. The van der Waals surface area contributed by atoms with Crippen molar-refractivity contribution in [3.05, 3.63) is 0 Å². The van der Waals surface area contributed by atoms with Gasteiger partial charge in [0.2, 0.25) is 5.91 Å². The van der Waals surface area contributed by atoms with Crippen molar-refractivity contribution in [3.8, 4) is 0 Å². The number of rotatable bonds is 7. The van der Waals surface area contributed by atoms with E-state index in [9.17, 15) is 14.7 Å². The zero-order valence-corrected chi connectivity index (χ0v) is 14.0. The molecular formula is C16H29N3O3. The highest BCUT2D eigenvalue weighted by Crippen LogP contribution is 2.39. The summed E-state index contributed by atoms with van der Waals surface area (Å²) in [6, 6.07) is -0.187. The van der Waals surface area contributed by atoms with E-state index in [1.807, 2.05) is 0 Å². The Balaban J connectivity index is 3.08. The summed E-state index contributed by atoms with van der Waals surface area (Å²) < 4.78 is 0. The third-order valence-corrected chi connectivity index (χ3v) is 4.68. The summed E-state index contributed by atoms with van der Waals surface area (Å²) in [5.74, 6) is -0.479. The van der Waals surface area contributed by atoms with E-state index in [1.165, 1.54) is 6.92 Å². The molecule has 0 aromatic carbocycles. The smallest absolute Gasteiger partial charge is 0.306 e. The number of nitrogens with one attached hydrogen (secondary N) is 1. The van der Waals surface area contributed by atoms with E-state index in [-0.39, 0.29) is 23.9 Å². The van der Waals surface area contributed by atoms with Crippen molar-refractivity contribution in [2.75, 3.05) is 0 Å². The molecule has 1 aliphatic carbocycles. The van der Waals surface area contributed by atoms with E-state index < -0.39 is 11.9 Å². The molecule has 1 fully saturated rings. The summed E-state index contributed by atoms with van der Waals surface area (Å²) >= 11 is 0. The summed E-state index contributed by atoms with van der Waals surface area (Å²) in [6.45, 7) is 7.42. The van der Waals surface area contributed by atoms with Gasteiger partial charge in [0.15, 0.2) is 0 Å². The zero-order valence-electron chi connectivity index (χ0n) is 14.0. The molecule has 4 N–H and O–H groups in total. The highest BCUT2D eigenvalue weighted by atomic mass is 16.4. The van der Waals surface area contributed by atoms with Crippen molar-refractivity contribution in [2.45, 2.75) is 65.5 Å². The maximum atomic E-state index is 11.6. The zero-order chi connectivity index (χ0) is 16.9. The molecular weight excluding hydrogens is 282 g/mol. The van der Waals surface area contributed by atoms with E-state index in [2.05, 4.69) is 24.2 Å². The van der Waals surface area contributed by atoms with Crippen LogP contribution in [0.25, 0.3) is 0 Å². The van der Waals surface area contributed by atoms with Crippen LogP contribution in [0.5, 0.6) is 0 Å². The molecule has 0 spiro atoms. The Morgan fingerprint density at radius 1 is 1.27 bits per heavy atom. The fraction of sp³-hybridized carbons (Fsp3) is 0.812. The summed E-state index contributed by atoms with van der Waals surface area (Å²) in [5, 5.41) is 12.4. The van der Waals surface area contributed by atoms with Gasteiger partial charge in [0, 0.05) is 18.9 Å². The van der Waals surface area contributed by atoms with Crippen molar-refractivity contribution < 1.29 is 14.7 Å². The predicted octanol–water partition coefficient (Wildman–Crippen LogP) is 1.78. The molecule has 1 aliphatic rings. The molecule has 0 heterocycles. The maximum absolute atomic E-state index is 11.6. The van der Waals surface area contributed by atoms with E-state index in [0.29, 0.717) is 24.6 Å². The van der Waals surface area contributed by atoms with Gasteiger partial charge in [-0.3, -0.25) is 14.6 Å². The average Bonchev–Trinajstić information content (AvgIpc) is 2.81. The Kier molecular flexibility index (Phi) is 6.84. The number of amides is 1. The first kappa shape index (κ1) is 18.5. The van der Waals surface area contributed by atoms with Gasteiger partial charge >= 0.3 is 5.97 Å². The van der Waals surface area contributed by atoms with E-state index in [4.69, 9.17) is 5.73 Å². The lowest BCUT2D eigenvalue weighted by Crippen LogP contribution is -2.46. The van der Waals surface area contributed by atoms with Crippen molar-refractivity contribution in [2.24, 2.45) is 28.5 Å². The summed E-state index contributed by atoms with van der Waals surface area (Å²) in [4.78, 5) is 27.4. The Hall–Kier alpha value is -1.59. The standard InChI is InChI=1S/C16H29N3O3/c1-5-11(6-2)15(19-10(4)20)13-7-12(16(21)22)8-14(13)18-9(3)17/h11-15H,5-8H2,1-4H3,(H2,17,18)(H,19,20)(H,21,22). The lowest BCUT2D eigenvalue weighted by molar-refractivity contribution is -0.141. The monoisotopic (exact) mass is 311 g/mol. The van der Waals surface area contributed by atoms with E-state index in [0.717, 1.165) is 12.8 Å². The molecule has 126 valence electrons. The number of aliphatic carboxylic acids is 1. The van der Waals surface area contributed by atoms with Crippen LogP contribution in [0.4, 0.5) is 0 Å². The molecule has 0 aliphatic heterocycles. The molecule has 0 aromatic heterocycles. The molecule has 4 unspecified atom stereocenters. The molecule has 4 atom stereocenters. The minimum Gasteiger partial charge on any atom is -0.481 e. The van der Waals surface area contributed by atoms with Crippen molar-refractivity contribution in [1.82, 2.24) is 5.32 Å². The minimum atomic E-state index is -0.788. The Morgan fingerprint density at radius 3 is 2.27 bits per heavy atom. The number of nitrogens with two attached hydrogens (primary N) is 1. The van der Waals surface area contributed by atoms with Gasteiger partial charge in [0.25, 0.3) is 0 Å². The summed E-state index contributed by atoms with van der Waals surface area (Å²) in [5.41, 5.74) is 5.71. The number of amidine groups is 1. The van der Waals surface area contributed by atoms with Crippen LogP contribution in [0.3, 0.4) is 0 Å². The van der Waals surface area contributed by atoms with Crippen LogP contribution in [-0.2, 0) is 9.59 Å². The van der Waals surface area contributed by atoms with Gasteiger partial charge in [-0.25, -0.2) is 0 Å². The summed E-state index contributed by atoms with van der Waals surface area (Å²) in [6.07, 6.45) is 2.91. The third-order valence-electron chi connectivity index (χ3n) is 4.68. The fourth-order valence-electron chi connectivity index (χ4n) is 3.65. The first-order chi connectivity index (χ1) is 10.3. The average molecular weight is 311 g/mol. The van der Waals surface area contributed by atoms with Crippen LogP contribution < -0.4 is 11.1 Å². The van der Waals surface area contributed by atoms with Crippen LogP contribution >= 0.6 is 0 Å². The van der Waals surface area contributed by atoms with Gasteiger partial charge in [0.05, 0.1) is 17.8 Å². The first-order valence-corrected chi connectivity index (χ1v) is 8.09. The Morgan fingerprint density at radius 2 is 1.86 bits per heavy atom. The normalized spacial score (nSPS) is 27.0. The second-order valence-corrected chi connectivity index (χ2v) is 6.31. The molecule has 6 heteroatoms. The second kappa shape index (κ2) is 8.15. The van der Waals surface area contributed by atoms with Crippen LogP contribution in [0.1, 0.15) is 53.4 Å². The van der Waals surface area contributed by atoms with Crippen LogP contribution in [0, 0.1) is 17.8 Å². The van der Waals surface area contributed by atoms with Gasteiger partial charge in [-0.05, 0) is 25.7 Å². The SMILES string of the molecule is CCC(CC)C(NC(C)=O)C1CC(C(=O)O)CC1N=C(C)N. The Bertz CT molecular complexity index is 428. The van der Waals surface area contributed by atoms with Crippen molar-refractivity contribution in [3.63, 3.8) is 0 Å². The largest absolute Gasteiger partial charge is 0.481 e. The van der Waals surface area contributed by atoms with Crippen LogP contribution in [0.2, 0.25) is 0 Å². The van der Waals surface area contributed by atoms with E-state index in [1.54, 1.807) is 6.92 Å². The minimum absolute atomic E-state index is 0.0217. The van der Waals surface area contributed by atoms with Gasteiger partial charge in [-0.2, -0.15) is 0 Å². The Labute approximate surface area is 132 Å². The van der Waals surface area contributed by atoms with Gasteiger partial charge in [0.1, 0.15) is 0 Å². The fourth-order valence-corrected chi connectivity index (χ4v) is 3.65. The second-order valence-electron chi connectivity index (χ2n) is 6.31. The van der Waals surface area contributed by atoms with Crippen LogP contribution in [0.15, 0.2) is 4.99 Å². The molecule has 0 saturated heterocycles. The quantitative estimate of drug-likeness (QED) is 0.492. The van der Waals surface area contributed by atoms with E-state index >= 15 is 0 Å². The number of aliphatic imine (C=N–C) groups is 1. The number of carboxylic acids is 1. The molecule has 22 heavy (non-hydrogen) atoms. The van der Waals surface area contributed by atoms with Gasteiger partial charge in [-0.15, -0.1) is 0 Å². The highest BCUT2D eigenvalue weighted by molar-refractivity contribution is 5.78. The maximum Gasteiger partial charge on any atom is 0.306 e. The van der Waals surface area contributed by atoms with Crippen molar-refractivity contribution in [1.29, 1.82) is 0 Å². The topological polar surface area (TPSA) is 105 Å². The predicted molar refractivity (Wildman–Crippen MR) is 86.6 cm³/mol. The molecule has 0 radical (unpaired) electrons. The van der Waals surface area contributed by atoms with Crippen LogP contribution in [-0.4, -0.2) is 34.9 Å². The number of carboxylic acid groups (broad SMARTS) is 1. The number of hydrogen-bond donors (Lipinski definition) is 3. The summed E-state index contributed by atoms with van der Waals surface area (Å²) in [7, 11) is 0.